The van der Waals surface area contributed by atoms with Gasteiger partial charge in [-0.15, -0.1) is 0 Å². The second-order valence-corrected chi connectivity index (χ2v) is 10.7. The molecule has 2 aromatic carbocycles. The van der Waals surface area contributed by atoms with Crippen LogP contribution in [0.4, 0.5) is 5.69 Å². The Hall–Kier alpha value is -2.44. The fourth-order valence-electron chi connectivity index (χ4n) is 5.22. The maximum Gasteiger partial charge on any atom is 0.243 e. The smallest absolute Gasteiger partial charge is 0.243 e. The number of nitrogens with zero attached hydrogens (tertiary/aromatic N) is 2. The van der Waals surface area contributed by atoms with Crippen molar-refractivity contribution in [2.24, 2.45) is 5.92 Å². The van der Waals surface area contributed by atoms with Gasteiger partial charge in [0, 0.05) is 29.9 Å². The highest BCUT2D eigenvalue weighted by molar-refractivity contribution is 7.89. The summed E-state index contributed by atoms with van der Waals surface area (Å²) < 4.78 is 29.0. The number of benzene rings is 2. The number of nitrogens with one attached hydrogen (secondary N) is 1. The molecule has 1 aromatic heterocycles. The zero-order valence-corrected chi connectivity index (χ0v) is 18.5. The highest BCUT2D eigenvalue weighted by Gasteiger charge is 2.36. The lowest BCUT2D eigenvalue weighted by Crippen LogP contribution is -2.41. The van der Waals surface area contributed by atoms with E-state index in [2.05, 4.69) is 10.3 Å². The van der Waals surface area contributed by atoms with Crippen molar-refractivity contribution in [3.05, 3.63) is 66.5 Å². The average molecular weight is 436 g/mol. The number of fused-ring (bicyclic) bond motifs is 3. The van der Waals surface area contributed by atoms with E-state index in [-0.39, 0.29) is 6.04 Å². The normalized spacial score (nSPS) is 22.2. The second-order valence-electron chi connectivity index (χ2n) is 8.81. The molecule has 1 aliphatic carbocycles. The lowest BCUT2D eigenvalue weighted by atomic mass is 9.84. The van der Waals surface area contributed by atoms with E-state index < -0.39 is 10.0 Å². The SMILES string of the molecule is O=S(=O)(c1ccc2c(NCc3ccccn3)cccc2c1)N1CCCC2CCCC1C2. The minimum Gasteiger partial charge on any atom is -0.379 e. The molecule has 2 aliphatic rings. The van der Waals surface area contributed by atoms with Crippen LogP contribution in [-0.2, 0) is 16.6 Å². The Bertz CT molecular complexity index is 1160. The summed E-state index contributed by atoms with van der Waals surface area (Å²) in [7, 11) is -3.49. The molecule has 2 fully saturated rings. The summed E-state index contributed by atoms with van der Waals surface area (Å²) in [6.07, 6.45) is 8.33. The molecule has 2 bridgehead atoms. The maximum absolute atomic E-state index is 13.6. The van der Waals surface area contributed by atoms with Gasteiger partial charge in [-0.2, -0.15) is 4.31 Å². The first-order valence-corrected chi connectivity index (χ1v) is 12.7. The summed E-state index contributed by atoms with van der Waals surface area (Å²) in [5.74, 6) is 0.697. The molecule has 2 heterocycles. The van der Waals surface area contributed by atoms with Gasteiger partial charge in [-0.3, -0.25) is 4.98 Å². The zero-order chi connectivity index (χ0) is 21.3. The van der Waals surface area contributed by atoms with Crippen LogP contribution in [0.3, 0.4) is 0 Å². The predicted molar refractivity (Wildman–Crippen MR) is 124 cm³/mol. The predicted octanol–water partition coefficient (Wildman–Crippen LogP) is 5.19. The Morgan fingerprint density at radius 1 is 1.00 bits per heavy atom. The van der Waals surface area contributed by atoms with Crippen molar-refractivity contribution in [3.63, 3.8) is 0 Å². The number of hydrogen-bond acceptors (Lipinski definition) is 4. The van der Waals surface area contributed by atoms with Gasteiger partial charge in [-0.05, 0) is 67.3 Å². The molecule has 1 aliphatic heterocycles. The molecule has 1 N–H and O–H groups in total. The third-order valence-electron chi connectivity index (χ3n) is 6.80. The van der Waals surface area contributed by atoms with E-state index in [4.69, 9.17) is 0 Å². The first kappa shape index (κ1) is 20.5. The minimum atomic E-state index is -3.49. The van der Waals surface area contributed by atoms with E-state index >= 15 is 0 Å². The number of anilines is 1. The Morgan fingerprint density at radius 2 is 1.90 bits per heavy atom. The molecule has 0 spiro atoms. The van der Waals surface area contributed by atoms with Crippen LogP contribution < -0.4 is 5.32 Å². The molecule has 0 amide bonds. The molecule has 162 valence electrons. The van der Waals surface area contributed by atoms with Crippen molar-refractivity contribution in [2.45, 2.75) is 56.0 Å². The largest absolute Gasteiger partial charge is 0.379 e. The Balaban J connectivity index is 1.43. The van der Waals surface area contributed by atoms with Gasteiger partial charge in [0.05, 0.1) is 17.1 Å². The topological polar surface area (TPSA) is 62.3 Å². The highest BCUT2D eigenvalue weighted by Crippen LogP contribution is 2.37. The third-order valence-corrected chi connectivity index (χ3v) is 8.75. The van der Waals surface area contributed by atoms with E-state index in [1.54, 1.807) is 16.6 Å². The lowest BCUT2D eigenvalue weighted by Gasteiger charge is -2.33. The van der Waals surface area contributed by atoms with Crippen molar-refractivity contribution in [1.82, 2.24) is 9.29 Å². The van der Waals surface area contributed by atoms with Crippen molar-refractivity contribution < 1.29 is 8.42 Å². The van der Waals surface area contributed by atoms with Crippen LogP contribution in [0.2, 0.25) is 0 Å². The fraction of sp³-hybridized carbons (Fsp3) is 0.400. The van der Waals surface area contributed by atoms with Gasteiger partial charge in [-0.25, -0.2) is 8.42 Å². The monoisotopic (exact) mass is 435 g/mol. The molecule has 2 atom stereocenters. The number of hydrogen-bond donors (Lipinski definition) is 1. The molecule has 6 heteroatoms. The van der Waals surface area contributed by atoms with Crippen molar-refractivity contribution >= 4 is 26.5 Å². The molecule has 1 saturated carbocycles. The molecule has 3 aromatic rings. The second kappa shape index (κ2) is 8.60. The van der Waals surface area contributed by atoms with Gasteiger partial charge in [0.1, 0.15) is 0 Å². The number of sulfonamides is 1. The van der Waals surface area contributed by atoms with E-state index in [0.717, 1.165) is 54.3 Å². The quantitative estimate of drug-likeness (QED) is 0.599. The first-order chi connectivity index (χ1) is 15.1. The summed E-state index contributed by atoms with van der Waals surface area (Å²) >= 11 is 0. The van der Waals surface area contributed by atoms with Crippen molar-refractivity contribution in [3.8, 4) is 0 Å². The lowest BCUT2D eigenvalue weighted by molar-refractivity contribution is 0.238. The van der Waals surface area contributed by atoms with Crippen LogP contribution in [0.25, 0.3) is 10.8 Å². The summed E-state index contributed by atoms with van der Waals surface area (Å²) in [4.78, 5) is 4.77. The third kappa shape index (κ3) is 4.19. The number of rotatable bonds is 5. The summed E-state index contributed by atoms with van der Waals surface area (Å²) in [6, 6.07) is 17.5. The summed E-state index contributed by atoms with van der Waals surface area (Å²) in [5.41, 5.74) is 1.95. The van der Waals surface area contributed by atoms with E-state index in [1.807, 2.05) is 48.5 Å². The average Bonchev–Trinajstić information content (AvgIpc) is 2.95. The van der Waals surface area contributed by atoms with E-state index in [1.165, 1.54) is 6.42 Å². The van der Waals surface area contributed by atoms with E-state index in [0.29, 0.717) is 23.9 Å². The maximum atomic E-state index is 13.6. The molecule has 5 rings (SSSR count). The molecular formula is C25H29N3O2S. The van der Waals surface area contributed by atoms with Gasteiger partial charge in [0.2, 0.25) is 10.0 Å². The molecule has 5 nitrogen and oxygen atoms in total. The zero-order valence-electron chi connectivity index (χ0n) is 17.7. The molecule has 1 saturated heterocycles. The fourth-order valence-corrected chi connectivity index (χ4v) is 6.96. The van der Waals surface area contributed by atoms with Crippen LogP contribution in [0.1, 0.15) is 44.2 Å². The van der Waals surface area contributed by atoms with Crippen LogP contribution >= 0.6 is 0 Å². The van der Waals surface area contributed by atoms with Crippen molar-refractivity contribution in [1.29, 1.82) is 0 Å². The standard InChI is InChI=1S/C25H29N3O2S/c29-31(30,28-15-5-7-19-6-3-10-22(28)16-19)23-12-13-24-20(17-23)8-4-11-25(24)27-18-21-9-1-2-14-26-21/h1-2,4,8-9,11-14,17,19,22,27H,3,5-7,10,15-16,18H2. The van der Waals surface area contributed by atoms with Crippen molar-refractivity contribution in [2.75, 3.05) is 11.9 Å². The highest BCUT2D eigenvalue weighted by atomic mass is 32.2. The van der Waals surface area contributed by atoms with Crippen LogP contribution in [0.15, 0.2) is 65.7 Å². The minimum absolute atomic E-state index is 0.160. The Morgan fingerprint density at radius 3 is 2.77 bits per heavy atom. The van der Waals surface area contributed by atoms with Crippen LogP contribution in [-0.4, -0.2) is 30.3 Å². The Labute approximate surface area is 184 Å². The van der Waals surface area contributed by atoms with Gasteiger partial charge in [0.25, 0.3) is 0 Å². The van der Waals surface area contributed by atoms with Crippen LogP contribution in [0.5, 0.6) is 0 Å². The number of aromatic nitrogens is 1. The van der Waals surface area contributed by atoms with Gasteiger partial charge in [-0.1, -0.05) is 37.1 Å². The van der Waals surface area contributed by atoms with Gasteiger partial charge < -0.3 is 5.32 Å². The molecule has 0 radical (unpaired) electrons. The van der Waals surface area contributed by atoms with E-state index in [9.17, 15) is 8.42 Å². The van der Waals surface area contributed by atoms with Gasteiger partial charge in [0.15, 0.2) is 0 Å². The van der Waals surface area contributed by atoms with Gasteiger partial charge >= 0.3 is 0 Å². The molecule has 31 heavy (non-hydrogen) atoms. The summed E-state index contributed by atoms with van der Waals surface area (Å²) in [6.45, 7) is 1.27. The Kier molecular flexibility index (Phi) is 5.67. The summed E-state index contributed by atoms with van der Waals surface area (Å²) in [5, 5.41) is 5.39. The molecule has 2 unspecified atom stereocenters. The number of pyridine rings is 1. The molecular weight excluding hydrogens is 406 g/mol. The first-order valence-electron chi connectivity index (χ1n) is 11.3. The van der Waals surface area contributed by atoms with Crippen LogP contribution in [0, 0.1) is 5.92 Å².